The van der Waals surface area contributed by atoms with Gasteiger partial charge in [-0.2, -0.15) is 0 Å². The van der Waals surface area contributed by atoms with E-state index in [1.807, 2.05) is 24.3 Å². The van der Waals surface area contributed by atoms with Crippen LogP contribution in [-0.2, 0) is 4.74 Å². The van der Waals surface area contributed by atoms with Crippen LogP contribution in [-0.4, -0.2) is 20.2 Å². The maximum atomic E-state index is 11.6. The van der Waals surface area contributed by atoms with Gasteiger partial charge in [0.05, 0.1) is 23.4 Å². The number of carbonyl (C=O) groups excluding carboxylic acids is 1. The van der Waals surface area contributed by atoms with Crippen molar-refractivity contribution in [2.24, 2.45) is 0 Å². The van der Waals surface area contributed by atoms with Gasteiger partial charge in [-0.25, -0.2) is 4.79 Å². The van der Waals surface area contributed by atoms with Gasteiger partial charge < -0.3 is 14.2 Å². The monoisotopic (exact) mass is 510 g/mol. The second kappa shape index (κ2) is 7.30. The minimum absolute atomic E-state index is 0.353. The molecule has 0 aromatic heterocycles. The molecular formula is C15H12I2O4. The number of ether oxygens (including phenoxy) is 3. The molecule has 0 bridgehead atoms. The zero-order chi connectivity index (χ0) is 15.4. The highest BCUT2D eigenvalue weighted by Crippen LogP contribution is 2.32. The molecule has 0 heterocycles. The first kappa shape index (κ1) is 16.3. The van der Waals surface area contributed by atoms with Gasteiger partial charge in [-0.15, -0.1) is 0 Å². The molecule has 0 unspecified atom stereocenters. The second-order valence-corrected chi connectivity index (χ2v) is 6.17. The van der Waals surface area contributed by atoms with Crippen LogP contribution < -0.4 is 9.47 Å². The minimum Gasteiger partial charge on any atom is -0.497 e. The number of methoxy groups -OCH3 is 2. The predicted octanol–water partition coefficient (Wildman–Crippen LogP) is 4.48. The number of esters is 1. The van der Waals surface area contributed by atoms with Crippen molar-refractivity contribution in [3.05, 3.63) is 49.1 Å². The fraction of sp³-hybridized carbons (Fsp3) is 0.133. The Labute approximate surface area is 150 Å². The Kier molecular flexibility index (Phi) is 5.68. The van der Waals surface area contributed by atoms with Crippen molar-refractivity contribution >= 4 is 51.2 Å². The average Bonchev–Trinajstić information content (AvgIpc) is 2.52. The summed E-state index contributed by atoms with van der Waals surface area (Å²) in [6.45, 7) is 0. The molecule has 4 nitrogen and oxygen atoms in total. The van der Waals surface area contributed by atoms with Gasteiger partial charge in [0.15, 0.2) is 0 Å². The molecule has 0 amide bonds. The number of carbonyl (C=O) groups is 1. The number of hydrogen-bond acceptors (Lipinski definition) is 4. The SMILES string of the molecule is COC(=O)c1ccc(Oc2ccc(OC)cc2)c(I)c1I. The van der Waals surface area contributed by atoms with Crippen molar-refractivity contribution in [3.63, 3.8) is 0 Å². The lowest BCUT2D eigenvalue weighted by Gasteiger charge is -2.11. The smallest absolute Gasteiger partial charge is 0.338 e. The quantitative estimate of drug-likeness (QED) is 0.450. The highest BCUT2D eigenvalue weighted by Gasteiger charge is 2.16. The van der Waals surface area contributed by atoms with Crippen LogP contribution in [0, 0.1) is 7.14 Å². The lowest BCUT2D eigenvalue weighted by atomic mass is 10.2. The summed E-state index contributed by atoms with van der Waals surface area (Å²) in [7, 11) is 2.99. The standard InChI is InChI=1S/C15H12I2O4/c1-19-9-3-5-10(6-4-9)21-12-8-7-11(15(18)20-2)13(16)14(12)17/h3-8H,1-2H3. The van der Waals surface area contributed by atoms with E-state index in [1.165, 1.54) is 7.11 Å². The first-order valence-corrected chi connectivity index (χ1v) is 8.10. The van der Waals surface area contributed by atoms with E-state index in [2.05, 4.69) is 45.2 Å². The summed E-state index contributed by atoms with van der Waals surface area (Å²) in [6, 6.07) is 10.8. The van der Waals surface area contributed by atoms with Crippen LogP contribution in [0.1, 0.15) is 10.4 Å². The van der Waals surface area contributed by atoms with E-state index in [0.717, 1.165) is 12.9 Å². The Bertz CT molecular complexity index is 653. The summed E-state index contributed by atoms with van der Waals surface area (Å²) in [5.74, 6) is 1.81. The fourth-order valence-electron chi connectivity index (χ4n) is 1.65. The van der Waals surface area contributed by atoms with Gasteiger partial charge in [0.2, 0.25) is 0 Å². The average molecular weight is 510 g/mol. The molecule has 0 aliphatic rings. The largest absolute Gasteiger partial charge is 0.497 e. The number of halogens is 2. The normalized spacial score (nSPS) is 10.1. The molecular weight excluding hydrogens is 498 g/mol. The third kappa shape index (κ3) is 3.79. The molecule has 0 saturated heterocycles. The van der Waals surface area contributed by atoms with Gasteiger partial charge in [0, 0.05) is 3.57 Å². The molecule has 2 rings (SSSR count). The van der Waals surface area contributed by atoms with Gasteiger partial charge in [0.1, 0.15) is 17.2 Å². The van der Waals surface area contributed by atoms with Crippen LogP contribution in [0.4, 0.5) is 0 Å². The predicted molar refractivity (Wildman–Crippen MR) is 96.3 cm³/mol. The summed E-state index contributed by atoms with van der Waals surface area (Å²) >= 11 is 4.27. The molecule has 0 spiro atoms. The summed E-state index contributed by atoms with van der Waals surface area (Å²) in [5.41, 5.74) is 0.532. The van der Waals surface area contributed by atoms with Crippen LogP contribution >= 0.6 is 45.2 Å². The van der Waals surface area contributed by atoms with Crippen LogP contribution in [0.2, 0.25) is 0 Å². The maximum absolute atomic E-state index is 11.6. The third-order valence-corrected chi connectivity index (χ3v) is 5.96. The lowest BCUT2D eigenvalue weighted by Crippen LogP contribution is -2.05. The van der Waals surface area contributed by atoms with Gasteiger partial charge in [0.25, 0.3) is 0 Å². The summed E-state index contributed by atoms with van der Waals surface area (Å²) < 4.78 is 17.4. The zero-order valence-electron chi connectivity index (χ0n) is 11.4. The molecule has 0 fully saturated rings. The molecule has 0 saturated carbocycles. The third-order valence-electron chi connectivity index (χ3n) is 2.74. The Balaban J connectivity index is 2.28. The van der Waals surface area contributed by atoms with Crippen molar-refractivity contribution in [1.82, 2.24) is 0 Å². The van der Waals surface area contributed by atoms with Crippen LogP contribution in [0.5, 0.6) is 17.2 Å². The summed E-state index contributed by atoms with van der Waals surface area (Å²) in [6.07, 6.45) is 0. The Morgan fingerprint density at radius 3 is 2.10 bits per heavy atom. The van der Waals surface area contributed by atoms with E-state index in [1.54, 1.807) is 19.2 Å². The van der Waals surface area contributed by atoms with Gasteiger partial charge in [-0.05, 0) is 81.6 Å². The summed E-state index contributed by atoms with van der Waals surface area (Å²) in [5, 5.41) is 0. The first-order valence-electron chi connectivity index (χ1n) is 5.95. The molecule has 0 aliphatic carbocycles. The first-order chi connectivity index (χ1) is 10.1. The van der Waals surface area contributed by atoms with Crippen LogP contribution in [0.25, 0.3) is 0 Å². The van der Waals surface area contributed by atoms with Crippen LogP contribution in [0.3, 0.4) is 0 Å². The van der Waals surface area contributed by atoms with E-state index in [4.69, 9.17) is 14.2 Å². The van der Waals surface area contributed by atoms with Crippen molar-refractivity contribution in [2.45, 2.75) is 0 Å². The fourth-order valence-corrected chi connectivity index (χ4v) is 2.90. The molecule has 0 radical (unpaired) electrons. The molecule has 0 aliphatic heterocycles. The number of rotatable bonds is 4. The van der Waals surface area contributed by atoms with E-state index in [9.17, 15) is 4.79 Å². The van der Waals surface area contributed by atoms with E-state index < -0.39 is 0 Å². The lowest BCUT2D eigenvalue weighted by molar-refractivity contribution is 0.0599. The molecule has 2 aromatic carbocycles. The molecule has 21 heavy (non-hydrogen) atoms. The van der Waals surface area contributed by atoms with E-state index in [0.29, 0.717) is 17.1 Å². The molecule has 2 aromatic rings. The molecule has 110 valence electrons. The Morgan fingerprint density at radius 2 is 1.52 bits per heavy atom. The van der Waals surface area contributed by atoms with Crippen molar-refractivity contribution < 1.29 is 19.0 Å². The Morgan fingerprint density at radius 1 is 0.905 bits per heavy atom. The molecule has 6 heteroatoms. The minimum atomic E-state index is -0.353. The topological polar surface area (TPSA) is 44.8 Å². The zero-order valence-corrected chi connectivity index (χ0v) is 15.7. The number of benzene rings is 2. The van der Waals surface area contributed by atoms with Crippen molar-refractivity contribution in [3.8, 4) is 17.2 Å². The van der Waals surface area contributed by atoms with E-state index in [-0.39, 0.29) is 5.97 Å². The van der Waals surface area contributed by atoms with Gasteiger partial charge in [-0.3, -0.25) is 0 Å². The summed E-state index contributed by atoms with van der Waals surface area (Å²) in [4.78, 5) is 11.6. The van der Waals surface area contributed by atoms with Gasteiger partial charge >= 0.3 is 5.97 Å². The highest BCUT2D eigenvalue weighted by atomic mass is 127. The second-order valence-electron chi connectivity index (χ2n) is 4.01. The number of hydrogen-bond donors (Lipinski definition) is 0. The Hall–Kier alpha value is -1.03. The van der Waals surface area contributed by atoms with E-state index >= 15 is 0 Å². The van der Waals surface area contributed by atoms with Crippen molar-refractivity contribution in [2.75, 3.05) is 14.2 Å². The van der Waals surface area contributed by atoms with Crippen LogP contribution in [0.15, 0.2) is 36.4 Å². The van der Waals surface area contributed by atoms with Gasteiger partial charge in [-0.1, -0.05) is 0 Å². The molecule has 0 N–H and O–H groups in total. The van der Waals surface area contributed by atoms with Crippen molar-refractivity contribution in [1.29, 1.82) is 0 Å². The highest BCUT2D eigenvalue weighted by molar-refractivity contribution is 14.1. The molecule has 0 atom stereocenters. The maximum Gasteiger partial charge on any atom is 0.338 e.